The molecule has 2 amide bonds. The zero-order valence-electron chi connectivity index (χ0n) is 11.6. The van der Waals surface area contributed by atoms with Gasteiger partial charge in [-0.25, -0.2) is 4.98 Å². The highest BCUT2D eigenvalue weighted by molar-refractivity contribution is 7.15. The average molecular weight is 336 g/mol. The normalized spacial score (nSPS) is 10.0. The van der Waals surface area contributed by atoms with Crippen molar-refractivity contribution in [1.82, 2.24) is 10.3 Å². The molecule has 0 spiro atoms. The molecule has 0 aliphatic heterocycles. The van der Waals surface area contributed by atoms with Crippen LogP contribution in [0.25, 0.3) is 0 Å². The highest BCUT2D eigenvalue weighted by Crippen LogP contribution is 2.17. The Morgan fingerprint density at radius 2 is 2.05 bits per heavy atom. The zero-order valence-corrected chi connectivity index (χ0v) is 13.2. The van der Waals surface area contributed by atoms with Crippen LogP contribution in [0, 0.1) is 0 Å². The number of halogens is 1. The first-order chi connectivity index (χ1) is 10.6. The Bertz CT molecular complexity index is 682. The van der Waals surface area contributed by atoms with E-state index in [2.05, 4.69) is 22.2 Å². The van der Waals surface area contributed by atoms with Crippen molar-refractivity contribution in [3.8, 4) is 0 Å². The second-order valence-electron chi connectivity index (χ2n) is 4.40. The Kier molecular flexibility index (Phi) is 5.68. The summed E-state index contributed by atoms with van der Waals surface area (Å²) >= 11 is 7.11. The van der Waals surface area contributed by atoms with Gasteiger partial charge in [-0.05, 0) is 23.8 Å². The molecule has 5 nitrogen and oxygen atoms in total. The van der Waals surface area contributed by atoms with E-state index in [4.69, 9.17) is 11.6 Å². The first-order valence-corrected chi connectivity index (χ1v) is 7.65. The molecule has 0 bridgehead atoms. The maximum atomic E-state index is 11.9. The monoisotopic (exact) mass is 335 g/mol. The lowest BCUT2D eigenvalue weighted by atomic mass is 10.1. The third-order valence-electron chi connectivity index (χ3n) is 2.73. The van der Waals surface area contributed by atoms with Gasteiger partial charge in [0, 0.05) is 5.69 Å². The molecule has 0 aliphatic rings. The summed E-state index contributed by atoms with van der Waals surface area (Å²) in [7, 11) is 0. The van der Waals surface area contributed by atoms with Crippen LogP contribution in [-0.2, 0) is 22.6 Å². The Morgan fingerprint density at radius 1 is 1.32 bits per heavy atom. The number of nitrogens with zero attached hydrogens (tertiary/aromatic N) is 1. The van der Waals surface area contributed by atoms with Gasteiger partial charge in [0.05, 0.1) is 19.2 Å². The van der Waals surface area contributed by atoms with Crippen molar-refractivity contribution in [2.45, 2.75) is 13.0 Å². The van der Waals surface area contributed by atoms with Crippen molar-refractivity contribution < 1.29 is 9.59 Å². The Labute approximate surface area is 137 Å². The predicted octanol–water partition coefficient (Wildman–Crippen LogP) is 2.78. The molecule has 7 heteroatoms. The first-order valence-electron chi connectivity index (χ1n) is 6.46. The molecular formula is C15H14ClN3O2S. The fraction of sp³-hybridized carbons (Fsp3) is 0.133. The molecule has 114 valence electrons. The number of nitrogens with one attached hydrogen (secondary N) is 2. The Hall–Kier alpha value is -2.18. The van der Waals surface area contributed by atoms with Gasteiger partial charge in [0.15, 0.2) is 0 Å². The molecule has 0 saturated heterocycles. The number of benzene rings is 1. The van der Waals surface area contributed by atoms with Crippen LogP contribution in [-0.4, -0.2) is 16.8 Å². The number of anilines is 1. The van der Waals surface area contributed by atoms with E-state index in [-0.39, 0.29) is 18.2 Å². The van der Waals surface area contributed by atoms with Crippen molar-refractivity contribution in [2.75, 3.05) is 5.32 Å². The summed E-state index contributed by atoms with van der Waals surface area (Å²) in [5.41, 5.74) is 1.51. The van der Waals surface area contributed by atoms with E-state index < -0.39 is 0 Å². The molecule has 0 unspecified atom stereocenters. The minimum Gasteiger partial charge on any atom is -0.349 e. The van der Waals surface area contributed by atoms with Crippen LogP contribution in [0.1, 0.15) is 10.6 Å². The lowest BCUT2D eigenvalue weighted by molar-refractivity contribution is -0.120. The van der Waals surface area contributed by atoms with Gasteiger partial charge in [-0.1, -0.05) is 30.3 Å². The molecule has 0 fully saturated rings. The SMILES string of the molecule is C=CC(=O)Nc1ccc(CC(=O)NCc2ncc(Cl)s2)cc1. The molecule has 0 radical (unpaired) electrons. The fourth-order valence-electron chi connectivity index (χ4n) is 1.69. The molecule has 22 heavy (non-hydrogen) atoms. The number of rotatable bonds is 6. The van der Waals surface area contributed by atoms with Gasteiger partial charge in [0.2, 0.25) is 11.8 Å². The summed E-state index contributed by atoms with van der Waals surface area (Å²) in [5.74, 6) is -0.373. The molecular weight excluding hydrogens is 322 g/mol. The van der Waals surface area contributed by atoms with E-state index in [0.29, 0.717) is 16.6 Å². The van der Waals surface area contributed by atoms with Crippen molar-refractivity contribution >= 4 is 40.4 Å². The number of hydrogen-bond donors (Lipinski definition) is 2. The average Bonchev–Trinajstić information content (AvgIpc) is 2.92. The van der Waals surface area contributed by atoms with Crippen LogP contribution < -0.4 is 10.6 Å². The fourth-order valence-corrected chi connectivity index (χ4v) is 2.59. The Balaban J connectivity index is 1.83. The van der Waals surface area contributed by atoms with Crippen LogP contribution in [0.15, 0.2) is 43.1 Å². The van der Waals surface area contributed by atoms with Crippen LogP contribution in [0.5, 0.6) is 0 Å². The summed E-state index contributed by atoms with van der Waals surface area (Å²) in [6.45, 7) is 3.75. The van der Waals surface area contributed by atoms with E-state index in [1.54, 1.807) is 30.5 Å². The maximum Gasteiger partial charge on any atom is 0.247 e. The highest BCUT2D eigenvalue weighted by atomic mass is 35.5. The molecule has 0 aliphatic carbocycles. The zero-order chi connectivity index (χ0) is 15.9. The van der Waals surface area contributed by atoms with Crippen LogP contribution in [0.3, 0.4) is 0 Å². The van der Waals surface area contributed by atoms with Crippen LogP contribution in [0.2, 0.25) is 4.34 Å². The van der Waals surface area contributed by atoms with Gasteiger partial charge in [-0.2, -0.15) is 0 Å². The number of aromatic nitrogens is 1. The standard InChI is InChI=1S/C15H14ClN3O2S/c1-2-13(20)19-11-5-3-10(4-6-11)7-14(21)17-9-15-18-8-12(16)22-15/h2-6,8H,1,7,9H2,(H,17,21)(H,19,20). The number of amides is 2. The summed E-state index contributed by atoms with van der Waals surface area (Å²) in [6.07, 6.45) is 3.02. The number of hydrogen-bond acceptors (Lipinski definition) is 4. The van der Waals surface area contributed by atoms with Crippen LogP contribution >= 0.6 is 22.9 Å². The van der Waals surface area contributed by atoms with E-state index >= 15 is 0 Å². The van der Waals surface area contributed by atoms with E-state index in [1.807, 2.05) is 0 Å². The van der Waals surface area contributed by atoms with E-state index in [1.165, 1.54) is 17.4 Å². The van der Waals surface area contributed by atoms with Crippen molar-refractivity contribution in [1.29, 1.82) is 0 Å². The smallest absolute Gasteiger partial charge is 0.247 e. The minimum absolute atomic E-state index is 0.103. The van der Waals surface area contributed by atoms with Gasteiger partial charge >= 0.3 is 0 Å². The topological polar surface area (TPSA) is 71.1 Å². The van der Waals surface area contributed by atoms with Gasteiger partial charge in [0.25, 0.3) is 0 Å². The lowest BCUT2D eigenvalue weighted by Gasteiger charge is -2.05. The minimum atomic E-state index is -0.271. The van der Waals surface area contributed by atoms with E-state index in [0.717, 1.165) is 10.6 Å². The molecule has 0 saturated carbocycles. The molecule has 0 atom stereocenters. The quantitative estimate of drug-likeness (QED) is 0.797. The van der Waals surface area contributed by atoms with Crippen molar-refractivity contribution in [3.05, 3.63) is 58.0 Å². The summed E-state index contributed by atoms with van der Waals surface area (Å²) in [6, 6.07) is 7.06. The first kappa shape index (κ1) is 16.2. The Morgan fingerprint density at radius 3 is 2.64 bits per heavy atom. The van der Waals surface area contributed by atoms with Crippen LogP contribution in [0.4, 0.5) is 5.69 Å². The molecule has 1 aromatic heterocycles. The molecule has 2 rings (SSSR count). The van der Waals surface area contributed by atoms with Gasteiger partial charge in [-0.15, -0.1) is 11.3 Å². The third-order valence-corrected chi connectivity index (χ3v) is 3.85. The number of carbonyl (C=O) groups excluding carboxylic acids is 2. The lowest BCUT2D eigenvalue weighted by Crippen LogP contribution is -2.24. The largest absolute Gasteiger partial charge is 0.349 e. The van der Waals surface area contributed by atoms with Gasteiger partial charge < -0.3 is 10.6 Å². The molecule has 2 N–H and O–H groups in total. The van der Waals surface area contributed by atoms with Gasteiger partial charge in [-0.3, -0.25) is 9.59 Å². The second-order valence-corrected chi connectivity index (χ2v) is 6.15. The summed E-state index contributed by atoms with van der Waals surface area (Å²) in [5, 5.41) is 6.19. The second kappa shape index (κ2) is 7.72. The summed E-state index contributed by atoms with van der Waals surface area (Å²) < 4.78 is 0.599. The predicted molar refractivity (Wildman–Crippen MR) is 87.9 cm³/mol. The van der Waals surface area contributed by atoms with Crippen molar-refractivity contribution in [2.24, 2.45) is 0 Å². The summed E-state index contributed by atoms with van der Waals surface area (Å²) in [4.78, 5) is 27.1. The molecule has 1 aromatic carbocycles. The highest BCUT2D eigenvalue weighted by Gasteiger charge is 2.06. The van der Waals surface area contributed by atoms with E-state index in [9.17, 15) is 9.59 Å². The van der Waals surface area contributed by atoms with Crippen molar-refractivity contribution in [3.63, 3.8) is 0 Å². The number of thiazole rings is 1. The molecule has 2 aromatic rings. The maximum absolute atomic E-state index is 11.9. The number of carbonyl (C=O) groups is 2. The van der Waals surface area contributed by atoms with Gasteiger partial charge in [0.1, 0.15) is 9.34 Å². The third kappa shape index (κ3) is 4.98. The molecule has 1 heterocycles.